The van der Waals surface area contributed by atoms with E-state index in [0.29, 0.717) is 6.61 Å². The topological polar surface area (TPSA) is 33.6 Å². The molecule has 2 aromatic rings. The summed E-state index contributed by atoms with van der Waals surface area (Å²) in [6, 6.07) is 14.1. The number of amidine groups is 1. The van der Waals surface area contributed by atoms with Gasteiger partial charge in [-0.1, -0.05) is 24.3 Å². The number of nitrogens with zero attached hydrogens (tertiary/aromatic N) is 1. The Morgan fingerprint density at radius 1 is 1.10 bits per heavy atom. The van der Waals surface area contributed by atoms with Crippen LogP contribution in [0.1, 0.15) is 11.1 Å². The molecule has 0 bridgehead atoms. The zero-order chi connectivity index (χ0) is 13.8. The van der Waals surface area contributed by atoms with Crippen LogP contribution in [0.3, 0.4) is 0 Å². The van der Waals surface area contributed by atoms with E-state index in [4.69, 9.17) is 4.74 Å². The number of ether oxygens (including phenoxy) is 1. The molecule has 0 unspecified atom stereocenters. The maximum Gasteiger partial charge on any atom is 0.132 e. The molecule has 1 N–H and O–H groups in total. The van der Waals surface area contributed by atoms with Crippen LogP contribution in [0, 0.1) is 5.82 Å². The molecule has 0 aliphatic carbocycles. The molecule has 102 valence electrons. The van der Waals surface area contributed by atoms with Crippen LogP contribution in [-0.4, -0.2) is 18.9 Å². The van der Waals surface area contributed by atoms with Crippen molar-refractivity contribution in [3.05, 3.63) is 65.5 Å². The lowest BCUT2D eigenvalue weighted by atomic mass is 10.2. The Bertz CT molecular complexity index is 623. The first-order valence-electron chi connectivity index (χ1n) is 6.58. The van der Waals surface area contributed by atoms with E-state index in [1.165, 1.54) is 12.1 Å². The maximum absolute atomic E-state index is 12.9. The molecule has 0 amide bonds. The van der Waals surface area contributed by atoms with Gasteiger partial charge in [0.05, 0.1) is 12.1 Å². The summed E-state index contributed by atoms with van der Waals surface area (Å²) < 4.78 is 18.7. The van der Waals surface area contributed by atoms with Crippen LogP contribution in [0.4, 0.5) is 4.39 Å². The van der Waals surface area contributed by atoms with Gasteiger partial charge < -0.3 is 10.1 Å². The van der Waals surface area contributed by atoms with E-state index < -0.39 is 0 Å². The fraction of sp³-hybridized carbons (Fsp3) is 0.188. The van der Waals surface area contributed by atoms with Crippen molar-refractivity contribution in [3.63, 3.8) is 0 Å². The van der Waals surface area contributed by atoms with Gasteiger partial charge in [-0.25, -0.2) is 4.39 Å². The summed E-state index contributed by atoms with van der Waals surface area (Å²) in [5, 5.41) is 3.24. The summed E-state index contributed by atoms with van der Waals surface area (Å²) in [4.78, 5) is 4.41. The quantitative estimate of drug-likeness (QED) is 0.926. The molecule has 1 aliphatic rings. The van der Waals surface area contributed by atoms with Crippen molar-refractivity contribution in [1.82, 2.24) is 5.32 Å². The van der Waals surface area contributed by atoms with Crippen molar-refractivity contribution in [2.24, 2.45) is 4.99 Å². The zero-order valence-corrected chi connectivity index (χ0v) is 11.0. The minimum Gasteiger partial charge on any atom is -0.488 e. The molecule has 3 rings (SSSR count). The zero-order valence-electron chi connectivity index (χ0n) is 11.0. The first-order valence-corrected chi connectivity index (χ1v) is 6.58. The Balaban J connectivity index is 1.75. The molecule has 0 radical (unpaired) electrons. The van der Waals surface area contributed by atoms with Gasteiger partial charge in [0, 0.05) is 6.54 Å². The van der Waals surface area contributed by atoms with Crippen LogP contribution in [0.5, 0.6) is 5.75 Å². The Kier molecular flexibility index (Phi) is 3.63. The third-order valence-corrected chi connectivity index (χ3v) is 3.12. The second-order valence-electron chi connectivity index (χ2n) is 4.57. The largest absolute Gasteiger partial charge is 0.488 e. The first-order chi connectivity index (χ1) is 9.83. The van der Waals surface area contributed by atoms with Crippen molar-refractivity contribution in [1.29, 1.82) is 0 Å². The highest BCUT2D eigenvalue weighted by Gasteiger charge is 2.12. The van der Waals surface area contributed by atoms with E-state index in [9.17, 15) is 4.39 Å². The summed E-state index contributed by atoms with van der Waals surface area (Å²) in [5.41, 5.74) is 1.90. The highest BCUT2D eigenvalue weighted by atomic mass is 19.1. The van der Waals surface area contributed by atoms with E-state index in [1.807, 2.05) is 24.3 Å². The van der Waals surface area contributed by atoms with E-state index in [2.05, 4.69) is 10.3 Å². The number of halogens is 1. The molecule has 0 fully saturated rings. The van der Waals surface area contributed by atoms with Crippen molar-refractivity contribution in [2.75, 3.05) is 13.1 Å². The number of hydrogen-bond donors (Lipinski definition) is 1. The fourth-order valence-electron chi connectivity index (χ4n) is 2.11. The number of para-hydroxylation sites is 1. The fourth-order valence-corrected chi connectivity index (χ4v) is 2.11. The molecule has 3 nitrogen and oxygen atoms in total. The van der Waals surface area contributed by atoms with Gasteiger partial charge in [0.25, 0.3) is 0 Å². The Morgan fingerprint density at radius 3 is 2.65 bits per heavy atom. The van der Waals surface area contributed by atoms with Crippen LogP contribution < -0.4 is 10.1 Å². The molecule has 0 saturated carbocycles. The number of benzene rings is 2. The molecule has 0 saturated heterocycles. The molecule has 2 aromatic carbocycles. The standard InChI is InChI=1S/C16H15FN2O/c17-13-7-5-12(6-8-13)11-20-15-4-2-1-3-14(15)16-18-9-10-19-16/h1-8H,9-11H2,(H,18,19). The first kappa shape index (κ1) is 12.7. The van der Waals surface area contributed by atoms with Crippen LogP contribution in [-0.2, 0) is 6.61 Å². The van der Waals surface area contributed by atoms with Gasteiger partial charge in [-0.05, 0) is 29.8 Å². The minimum atomic E-state index is -0.237. The number of aliphatic imine (C=N–C) groups is 1. The number of nitrogens with one attached hydrogen (secondary N) is 1. The predicted octanol–water partition coefficient (Wildman–Crippen LogP) is 2.75. The summed E-state index contributed by atoms with van der Waals surface area (Å²) in [6.07, 6.45) is 0. The lowest BCUT2D eigenvalue weighted by Gasteiger charge is -2.11. The van der Waals surface area contributed by atoms with Gasteiger partial charge in [0.2, 0.25) is 0 Å². The second kappa shape index (κ2) is 5.74. The monoisotopic (exact) mass is 270 g/mol. The van der Waals surface area contributed by atoms with Gasteiger partial charge in [0.15, 0.2) is 0 Å². The third-order valence-electron chi connectivity index (χ3n) is 3.12. The van der Waals surface area contributed by atoms with Crippen molar-refractivity contribution < 1.29 is 9.13 Å². The van der Waals surface area contributed by atoms with Crippen LogP contribution in [0.2, 0.25) is 0 Å². The second-order valence-corrected chi connectivity index (χ2v) is 4.57. The predicted molar refractivity (Wildman–Crippen MR) is 76.6 cm³/mol. The van der Waals surface area contributed by atoms with Gasteiger partial charge in [-0.15, -0.1) is 0 Å². The average molecular weight is 270 g/mol. The van der Waals surface area contributed by atoms with Crippen LogP contribution >= 0.6 is 0 Å². The van der Waals surface area contributed by atoms with Crippen molar-refractivity contribution >= 4 is 5.84 Å². The highest BCUT2D eigenvalue weighted by Crippen LogP contribution is 2.20. The molecule has 0 aromatic heterocycles. The summed E-state index contributed by atoms with van der Waals surface area (Å²) in [6.45, 7) is 2.06. The summed E-state index contributed by atoms with van der Waals surface area (Å²) in [5.74, 6) is 1.42. The molecule has 1 aliphatic heterocycles. The summed E-state index contributed by atoms with van der Waals surface area (Å²) >= 11 is 0. The number of rotatable bonds is 4. The third kappa shape index (κ3) is 2.79. The molecule has 4 heteroatoms. The van der Waals surface area contributed by atoms with Crippen LogP contribution in [0.25, 0.3) is 0 Å². The number of hydrogen-bond acceptors (Lipinski definition) is 3. The van der Waals surface area contributed by atoms with Gasteiger partial charge >= 0.3 is 0 Å². The normalized spacial score (nSPS) is 13.8. The molecule has 0 atom stereocenters. The van der Waals surface area contributed by atoms with Crippen molar-refractivity contribution in [2.45, 2.75) is 6.61 Å². The Hall–Kier alpha value is -2.36. The van der Waals surface area contributed by atoms with Gasteiger partial charge in [0.1, 0.15) is 24.0 Å². The van der Waals surface area contributed by atoms with Crippen molar-refractivity contribution in [3.8, 4) is 5.75 Å². The molecular weight excluding hydrogens is 255 g/mol. The molecule has 1 heterocycles. The Labute approximate surface area is 117 Å². The maximum atomic E-state index is 12.9. The van der Waals surface area contributed by atoms with E-state index in [1.54, 1.807) is 12.1 Å². The van der Waals surface area contributed by atoms with E-state index in [-0.39, 0.29) is 5.82 Å². The average Bonchev–Trinajstić information content (AvgIpc) is 3.01. The van der Waals surface area contributed by atoms with Crippen LogP contribution in [0.15, 0.2) is 53.5 Å². The van der Waals surface area contributed by atoms with Gasteiger partial charge in [-0.3, -0.25) is 4.99 Å². The lowest BCUT2D eigenvalue weighted by Crippen LogP contribution is -2.20. The minimum absolute atomic E-state index is 0.237. The van der Waals surface area contributed by atoms with E-state index >= 15 is 0 Å². The smallest absolute Gasteiger partial charge is 0.132 e. The lowest BCUT2D eigenvalue weighted by molar-refractivity contribution is 0.305. The molecule has 0 spiro atoms. The van der Waals surface area contributed by atoms with E-state index in [0.717, 1.165) is 35.8 Å². The molecular formula is C16H15FN2O. The highest BCUT2D eigenvalue weighted by molar-refractivity contribution is 6.02. The summed E-state index contributed by atoms with van der Waals surface area (Å²) in [7, 11) is 0. The van der Waals surface area contributed by atoms with Gasteiger partial charge in [-0.2, -0.15) is 0 Å². The molecule has 20 heavy (non-hydrogen) atoms. The SMILES string of the molecule is Fc1ccc(COc2ccccc2C2=NCCN2)cc1. The Morgan fingerprint density at radius 2 is 1.90 bits per heavy atom.